The molecule has 2 aromatic rings. The number of anilines is 3. The highest BCUT2D eigenvalue weighted by molar-refractivity contribution is 6.21. The predicted octanol–water partition coefficient (Wildman–Crippen LogP) is 2.83. The lowest BCUT2D eigenvalue weighted by Crippen LogP contribution is -2.46. The molecule has 0 spiro atoms. The summed E-state index contributed by atoms with van der Waals surface area (Å²) in [4.78, 5) is 41.1. The average Bonchev–Trinajstić information content (AvgIpc) is 3.04. The van der Waals surface area contributed by atoms with Gasteiger partial charge in [-0.3, -0.25) is 24.6 Å². The van der Waals surface area contributed by atoms with Crippen molar-refractivity contribution in [1.82, 2.24) is 0 Å². The number of hydrogen-bond donors (Lipinski definition) is 0. The summed E-state index contributed by atoms with van der Waals surface area (Å²) in [7, 11) is 1.63. The standard InChI is InChI=1S/C22H24N4O5/c1-15-13-21(27)25(22(15)28)17-5-8-19(20(14-17)26(29)30)24-11-9-23(10-12-24)16-3-6-18(31-2)7-4-16/h3-8,14-15H,9-13H2,1-2H3/t15-/m0/s1. The summed E-state index contributed by atoms with van der Waals surface area (Å²) in [6, 6.07) is 12.4. The molecule has 31 heavy (non-hydrogen) atoms. The minimum atomic E-state index is -0.455. The van der Waals surface area contributed by atoms with Gasteiger partial charge < -0.3 is 14.5 Å². The topological polar surface area (TPSA) is 96.2 Å². The number of amides is 2. The van der Waals surface area contributed by atoms with Crippen molar-refractivity contribution in [2.24, 2.45) is 5.92 Å². The van der Waals surface area contributed by atoms with Crippen LogP contribution in [0.5, 0.6) is 5.75 Å². The van der Waals surface area contributed by atoms with Crippen molar-refractivity contribution in [3.8, 4) is 5.75 Å². The highest BCUT2D eigenvalue weighted by Gasteiger charge is 2.37. The van der Waals surface area contributed by atoms with E-state index in [1.165, 1.54) is 6.07 Å². The van der Waals surface area contributed by atoms with E-state index in [9.17, 15) is 19.7 Å². The average molecular weight is 424 g/mol. The van der Waals surface area contributed by atoms with Crippen LogP contribution in [-0.2, 0) is 9.59 Å². The Hall–Kier alpha value is -3.62. The van der Waals surface area contributed by atoms with Crippen LogP contribution in [0, 0.1) is 16.0 Å². The minimum absolute atomic E-state index is 0.101. The molecule has 2 heterocycles. The number of hydrogen-bond acceptors (Lipinski definition) is 7. The van der Waals surface area contributed by atoms with Crippen molar-refractivity contribution in [1.29, 1.82) is 0 Å². The van der Waals surface area contributed by atoms with Gasteiger partial charge in [0.25, 0.3) is 5.69 Å². The van der Waals surface area contributed by atoms with Gasteiger partial charge in [-0.2, -0.15) is 0 Å². The third kappa shape index (κ3) is 3.90. The number of nitrogens with zero attached hydrogens (tertiary/aromatic N) is 4. The van der Waals surface area contributed by atoms with Crippen LogP contribution >= 0.6 is 0 Å². The van der Waals surface area contributed by atoms with Crippen LogP contribution in [0.3, 0.4) is 0 Å². The molecule has 9 heteroatoms. The summed E-state index contributed by atoms with van der Waals surface area (Å²) >= 11 is 0. The van der Waals surface area contributed by atoms with Gasteiger partial charge in [0.2, 0.25) is 11.8 Å². The zero-order valence-corrected chi connectivity index (χ0v) is 17.5. The molecular formula is C22H24N4O5. The summed E-state index contributed by atoms with van der Waals surface area (Å²) < 4.78 is 5.20. The smallest absolute Gasteiger partial charge is 0.294 e. The van der Waals surface area contributed by atoms with Crippen LogP contribution < -0.4 is 19.4 Å². The summed E-state index contributed by atoms with van der Waals surface area (Å²) in [6.07, 6.45) is 0.127. The Morgan fingerprint density at radius 2 is 1.58 bits per heavy atom. The first-order chi connectivity index (χ1) is 14.9. The lowest BCUT2D eigenvalue weighted by molar-refractivity contribution is -0.384. The van der Waals surface area contributed by atoms with Crippen LogP contribution in [0.15, 0.2) is 42.5 Å². The number of ether oxygens (including phenoxy) is 1. The van der Waals surface area contributed by atoms with Crippen LogP contribution in [0.2, 0.25) is 0 Å². The van der Waals surface area contributed by atoms with E-state index in [2.05, 4.69) is 4.90 Å². The highest BCUT2D eigenvalue weighted by Crippen LogP contribution is 2.36. The number of imide groups is 1. The third-order valence-electron chi connectivity index (χ3n) is 5.84. The van der Waals surface area contributed by atoms with Gasteiger partial charge in [-0.25, -0.2) is 0 Å². The summed E-state index contributed by atoms with van der Waals surface area (Å²) in [5.74, 6) is -0.257. The molecule has 162 valence electrons. The Balaban J connectivity index is 1.52. The van der Waals surface area contributed by atoms with Gasteiger partial charge >= 0.3 is 0 Å². The maximum atomic E-state index is 12.3. The van der Waals surface area contributed by atoms with E-state index < -0.39 is 10.8 Å². The molecule has 2 saturated heterocycles. The molecule has 0 N–H and O–H groups in total. The van der Waals surface area contributed by atoms with Crippen LogP contribution in [0.25, 0.3) is 0 Å². The molecule has 0 unspecified atom stereocenters. The Labute approximate surface area is 179 Å². The van der Waals surface area contributed by atoms with E-state index in [-0.39, 0.29) is 29.6 Å². The van der Waals surface area contributed by atoms with Gasteiger partial charge in [0, 0.05) is 50.3 Å². The molecule has 0 aromatic heterocycles. The quantitative estimate of drug-likeness (QED) is 0.414. The molecule has 9 nitrogen and oxygen atoms in total. The van der Waals surface area contributed by atoms with Crippen molar-refractivity contribution < 1.29 is 19.2 Å². The fraction of sp³-hybridized carbons (Fsp3) is 0.364. The summed E-state index contributed by atoms with van der Waals surface area (Å²) in [6.45, 7) is 4.35. The molecule has 0 aliphatic carbocycles. The number of nitro benzene ring substituents is 1. The van der Waals surface area contributed by atoms with Crippen LogP contribution in [-0.4, -0.2) is 50.0 Å². The lowest BCUT2D eigenvalue weighted by Gasteiger charge is -2.37. The Morgan fingerprint density at radius 1 is 0.968 bits per heavy atom. The number of rotatable bonds is 5. The predicted molar refractivity (Wildman–Crippen MR) is 117 cm³/mol. The Morgan fingerprint density at radius 3 is 2.13 bits per heavy atom. The molecule has 2 aromatic carbocycles. The second kappa shape index (κ2) is 8.25. The van der Waals surface area contributed by atoms with E-state index in [1.807, 2.05) is 29.2 Å². The first kappa shape index (κ1) is 20.6. The highest BCUT2D eigenvalue weighted by atomic mass is 16.6. The first-order valence-corrected chi connectivity index (χ1v) is 10.2. The number of carbonyl (C=O) groups excluding carboxylic acids is 2. The number of benzene rings is 2. The van der Waals surface area contributed by atoms with E-state index in [4.69, 9.17) is 4.74 Å². The molecule has 0 saturated carbocycles. The molecule has 2 aliphatic rings. The number of carbonyl (C=O) groups is 2. The van der Waals surface area contributed by atoms with Gasteiger partial charge in [0.05, 0.1) is 17.7 Å². The van der Waals surface area contributed by atoms with E-state index in [0.717, 1.165) is 16.3 Å². The zero-order chi connectivity index (χ0) is 22.1. The molecular weight excluding hydrogens is 400 g/mol. The Kier molecular flexibility index (Phi) is 5.50. The molecule has 2 amide bonds. The summed E-state index contributed by atoms with van der Waals surface area (Å²) in [5, 5.41) is 11.8. The van der Waals surface area contributed by atoms with E-state index in [1.54, 1.807) is 26.2 Å². The van der Waals surface area contributed by atoms with Crippen LogP contribution in [0.1, 0.15) is 13.3 Å². The van der Waals surface area contributed by atoms with Crippen molar-refractivity contribution >= 4 is 34.6 Å². The van der Waals surface area contributed by atoms with Crippen molar-refractivity contribution in [3.63, 3.8) is 0 Å². The largest absolute Gasteiger partial charge is 0.497 e. The van der Waals surface area contributed by atoms with Gasteiger partial charge in [-0.1, -0.05) is 6.92 Å². The first-order valence-electron chi connectivity index (χ1n) is 10.2. The van der Waals surface area contributed by atoms with Gasteiger partial charge in [0.15, 0.2) is 0 Å². The number of methoxy groups -OCH3 is 1. The van der Waals surface area contributed by atoms with Crippen molar-refractivity contribution in [2.75, 3.05) is 48.0 Å². The SMILES string of the molecule is COc1ccc(N2CCN(c3ccc(N4C(=O)C[C@H](C)C4=O)cc3[N+](=O)[O-])CC2)cc1. The number of piperazine rings is 1. The third-order valence-corrected chi connectivity index (χ3v) is 5.84. The van der Waals surface area contributed by atoms with Crippen molar-refractivity contribution in [3.05, 3.63) is 52.6 Å². The van der Waals surface area contributed by atoms with Gasteiger partial charge in [-0.05, 0) is 36.4 Å². The maximum absolute atomic E-state index is 12.3. The molecule has 0 radical (unpaired) electrons. The molecule has 0 bridgehead atoms. The van der Waals surface area contributed by atoms with Gasteiger partial charge in [0.1, 0.15) is 11.4 Å². The fourth-order valence-corrected chi connectivity index (χ4v) is 4.12. The van der Waals surface area contributed by atoms with Crippen LogP contribution in [0.4, 0.5) is 22.7 Å². The number of nitro groups is 1. The zero-order valence-electron chi connectivity index (χ0n) is 17.5. The normalized spacial score (nSPS) is 19.2. The molecule has 2 aliphatic heterocycles. The lowest BCUT2D eigenvalue weighted by atomic mass is 10.1. The molecule has 1 atom stereocenters. The second-order valence-corrected chi connectivity index (χ2v) is 7.77. The molecule has 2 fully saturated rings. The second-order valence-electron chi connectivity index (χ2n) is 7.77. The van der Waals surface area contributed by atoms with E-state index >= 15 is 0 Å². The minimum Gasteiger partial charge on any atom is -0.497 e. The monoisotopic (exact) mass is 424 g/mol. The molecule has 4 rings (SSSR count). The van der Waals surface area contributed by atoms with E-state index in [0.29, 0.717) is 31.9 Å². The van der Waals surface area contributed by atoms with Gasteiger partial charge in [-0.15, -0.1) is 0 Å². The summed E-state index contributed by atoms with van der Waals surface area (Å²) in [5.41, 5.74) is 1.72. The Bertz CT molecular complexity index is 1020. The van der Waals surface area contributed by atoms with Crippen molar-refractivity contribution in [2.45, 2.75) is 13.3 Å². The maximum Gasteiger partial charge on any atom is 0.294 e. The fourth-order valence-electron chi connectivity index (χ4n) is 4.12.